The lowest BCUT2D eigenvalue weighted by atomic mass is 9.87. The van der Waals surface area contributed by atoms with E-state index in [9.17, 15) is 14.7 Å². The highest BCUT2D eigenvalue weighted by molar-refractivity contribution is 5.80. The summed E-state index contributed by atoms with van der Waals surface area (Å²) in [7, 11) is 0. The number of carbonyl (C=O) groups is 1. The largest absolute Gasteiger partial charge is 0.508 e. The van der Waals surface area contributed by atoms with Gasteiger partial charge in [0.1, 0.15) is 17.1 Å². The molecule has 1 aliphatic rings. The Kier molecular flexibility index (Phi) is 5.03. The summed E-state index contributed by atoms with van der Waals surface area (Å²) in [5, 5.41) is 13.9. The fraction of sp³-hybridized carbons (Fsp3) is 0.167. The molecule has 1 atom stereocenters. The third-order valence-corrected chi connectivity index (χ3v) is 5.41. The molecule has 0 fully saturated rings. The SMILES string of the molecule is O=C(CC(c1cc2c(cc1O)OCO2)c1coc2ccccc2c1=O)NCc1ccco1. The van der Waals surface area contributed by atoms with E-state index in [4.69, 9.17) is 18.3 Å². The number of nitrogens with one attached hydrogen (secondary N) is 1. The lowest BCUT2D eigenvalue weighted by molar-refractivity contribution is -0.121. The fourth-order valence-corrected chi connectivity index (χ4v) is 3.80. The van der Waals surface area contributed by atoms with Crippen LogP contribution in [-0.2, 0) is 11.3 Å². The van der Waals surface area contributed by atoms with Gasteiger partial charge in [-0.2, -0.15) is 0 Å². The van der Waals surface area contributed by atoms with E-state index in [2.05, 4.69) is 5.32 Å². The number of furan rings is 1. The zero-order chi connectivity index (χ0) is 22.1. The number of fused-ring (bicyclic) bond motifs is 2. The van der Waals surface area contributed by atoms with Gasteiger partial charge < -0.3 is 28.7 Å². The first-order valence-corrected chi connectivity index (χ1v) is 10.0. The molecule has 1 unspecified atom stereocenters. The van der Waals surface area contributed by atoms with Crippen molar-refractivity contribution >= 4 is 16.9 Å². The second-order valence-electron chi connectivity index (χ2n) is 7.39. The second-order valence-corrected chi connectivity index (χ2v) is 7.39. The van der Waals surface area contributed by atoms with Crippen molar-refractivity contribution in [3.8, 4) is 17.2 Å². The summed E-state index contributed by atoms with van der Waals surface area (Å²) in [6.45, 7) is 0.239. The summed E-state index contributed by atoms with van der Waals surface area (Å²) in [4.78, 5) is 26.1. The van der Waals surface area contributed by atoms with Crippen molar-refractivity contribution in [2.45, 2.75) is 18.9 Å². The molecule has 0 spiro atoms. The van der Waals surface area contributed by atoms with Crippen molar-refractivity contribution in [1.82, 2.24) is 5.32 Å². The minimum atomic E-state index is -0.776. The van der Waals surface area contributed by atoms with Gasteiger partial charge in [-0.3, -0.25) is 9.59 Å². The Bertz CT molecular complexity index is 1340. The van der Waals surface area contributed by atoms with Crippen molar-refractivity contribution in [3.63, 3.8) is 0 Å². The standard InChI is InChI=1S/C24H19NO7/c26-19-10-22-21(31-13-32-22)8-17(19)16(9-23(27)25-11-14-4-3-7-29-14)18-12-30-20-6-2-1-5-15(20)24(18)28/h1-8,10,12,16,26H,9,11,13H2,(H,25,27). The van der Waals surface area contributed by atoms with Gasteiger partial charge in [0, 0.05) is 29.5 Å². The topological polar surface area (TPSA) is 111 Å². The highest BCUT2D eigenvalue weighted by Crippen LogP contribution is 2.42. The van der Waals surface area contributed by atoms with Gasteiger partial charge in [0.25, 0.3) is 0 Å². The van der Waals surface area contributed by atoms with Gasteiger partial charge in [-0.05, 0) is 30.3 Å². The second kappa shape index (κ2) is 8.14. The maximum atomic E-state index is 13.3. The smallest absolute Gasteiger partial charge is 0.231 e. The van der Waals surface area contributed by atoms with Gasteiger partial charge >= 0.3 is 0 Å². The summed E-state index contributed by atoms with van der Waals surface area (Å²) in [5.74, 6) is 0.233. The highest BCUT2D eigenvalue weighted by Gasteiger charge is 2.28. The Balaban J connectivity index is 1.54. The number of aromatic hydroxyl groups is 1. The van der Waals surface area contributed by atoms with Crippen LogP contribution in [0.3, 0.4) is 0 Å². The Hall–Kier alpha value is -4.20. The minimum absolute atomic E-state index is 0.0324. The molecule has 4 aromatic rings. The van der Waals surface area contributed by atoms with Gasteiger partial charge in [-0.25, -0.2) is 0 Å². The summed E-state index contributed by atoms with van der Waals surface area (Å²) in [6.07, 6.45) is 2.77. The third-order valence-electron chi connectivity index (χ3n) is 5.41. The number of rotatable bonds is 6. The molecule has 0 radical (unpaired) electrons. The van der Waals surface area contributed by atoms with Crippen LogP contribution in [-0.4, -0.2) is 17.8 Å². The maximum absolute atomic E-state index is 13.3. The van der Waals surface area contributed by atoms with Gasteiger partial charge in [-0.1, -0.05) is 12.1 Å². The molecule has 1 aliphatic heterocycles. The van der Waals surface area contributed by atoms with Gasteiger partial charge in [0.05, 0.1) is 24.5 Å². The van der Waals surface area contributed by atoms with Gasteiger partial charge in [-0.15, -0.1) is 0 Å². The molecule has 0 saturated carbocycles. The number of benzene rings is 2. The molecule has 2 aromatic heterocycles. The van der Waals surface area contributed by atoms with Crippen LogP contribution in [0.1, 0.15) is 29.2 Å². The van der Waals surface area contributed by atoms with Crippen molar-refractivity contribution in [1.29, 1.82) is 0 Å². The number of phenols is 1. The summed E-state index contributed by atoms with van der Waals surface area (Å²) in [5.41, 5.74) is 0.793. The van der Waals surface area contributed by atoms with Gasteiger partial charge in [0.2, 0.25) is 12.7 Å². The van der Waals surface area contributed by atoms with Crippen LogP contribution in [0, 0.1) is 0 Å². The van der Waals surface area contributed by atoms with Crippen molar-refractivity contribution in [2.75, 3.05) is 6.79 Å². The average molecular weight is 433 g/mol. The third kappa shape index (κ3) is 3.66. The monoisotopic (exact) mass is 433 g/mol. The molecule has 3 heterocycles. The molecule has 8 nitrogen and oxygen atoms in total. The van der Waals surface area contributed by atoms with Crippen LogP contribution >= 0.6 is 0 Å². The molecular weight excluding hydrogens is 414 g/mol. The van der Waals surface area contributed by atoms with Crippen LogP contribution in [0.25, 0.3) is 11.0 Å². The lowest BCUT2D eigenvalue weighted by Gasteiger charge is -2.19. The number of carbonyl (C=O) groups excluding carboxylic acids is 1. The van der Waals surface area contributed by atoms with Crippen LogP contribution in [0.2, 0.25) is 0 Å². The lowest BCUT2D eigenvalue weighted by Crippen LogP contribution is -2.26. The number of ether oxygens (including phenoxy) is 2. The fourth-order valence-electron chi connectivity index (χ4n) is 3.80. The first kappa shape index (κ1) is 19.7. The Morgan fingerprint density at radius 2 is 1.84 bits per heavy atom. The molecule has 1 amide bonds. The minimum Gasteiger partial charge on any atom is -0.508 e. The predicted octanol–water partition coefficient (Wildman–Crippen LogP) is 3.66. The Morgan fingerprint density at radius 1 is 1.03 bits per heavy atom. The first-order chi connectivity index (χ1) is 15.6. The number of para-hydroxylation sites is 1. The quantitative estimate of drug-likeness (QED) is 0.477. The van der Waals surface area contributed by atoms with Crippen molar-refractivity contribution in [2.24, 2.45) is 0 Å². The van der Waals surface area contributed by atoms with Crippen molar-refractivity contribution in [3.05, 3.63) is 88.2 Å². The first-order valence-electron chi connectivity index (χ1n) is 10.0. The van der Waals surface area contributed by atoms with E-state index in [-0.39, 0.29) is 42.4 Å². The van der Waals surface area contributed by atoms with Crippen molar-refractivity contribution < 1.29 is 28.2 Å². The highest BCUT2D eigenvalue weighted by atomic mass is 16.7. The Labute approximate surface area is 182 Å². The van der Waals surface area contributed by atoms with E-state index < -0.39 is 5.92 Å². The van der Waals surface area contributed by atoms with E-state index in [1.807, 2.05) is 0 Å². The van der Waals surface area contributed by atoms with E-state index in [0.29, 0.717) is 33.8 Å². The number of hydrogen-bond acceptors (Lipinski definition) is 7. The van der Waals surface area contributed by atoms with E-state index in [1.165, 1.54) is 18.6 Å². The van der Waals surface area contributed by atoms with E-state index in [0.717, 1.165) is 0 Å². The van der Waals surface area contributed by atoms with Crippen LogP contribution in [0.5, 0.6) is 17.2 Å². The normalized spacial score (nSPS) is 13.2. The molecule has 0 bridgehead atoms. The van der Waals surface area contributed by atoms with Crippen LogP contribution in [0.15, 0.2) is 74.7 Å². The summed E-state index contributed by atoms with van der Waals surface area (Å²) >= 11 is 0. The number of hydrogen-bond donors (Lipinski definition) is 2. The predicted molar refractivity (Wildman–Crippen MR) is 114 cm³/mol. The summed E-state index contributed by atoms with van der Waals surface area (Å²) in [6, 6.07) is 13.4. The zero-order valence-corrected chi connectivity index (χ0v) is 16.9. The molecule has 0 aliphatic carbocycles. The number of phenolic OH excluding ortho intramolecular Hbond substituents is 1. The summed E-state index contributed by atoms with van der Waals surface area (Å²) < 4.78 is 21.7. The number of amides is 1. The zero-order valence-electron chi connectivity index (χ0n) is 16.9. The van der Waals surface area contributed by atoms with Crippen LogP contribution in [0.4, 0.5) is 0 Å². The van der Waals surface area contributed by atoms with Crippen LogP contribution < -0.4 is 20.2 Å². The molecule has 5 rings (SSSR count). The maximum Gasteiger partial charge on any atom is 0.231 e. The van der Waals surface area contributed by atoms with Gasteiger partial charge in [0.15, 0.2) is 16.9 Å². The molecule has 2 aromatic carbocycles. The molecule has 32 heavy (non-hydrogen) atoms. The van der Waals surface area contributed by atoms with E-state index >= 15 is 0 Å². The molecule has 2 N–H and O–H groups in total. The molecular formula is C24H19NO7. The average Bonchev–Trinajstić information content (AvgIpc) is 3.48. The molecule has 8 heteroatoms. The Morgan fingerprint density at radius 3 is 2.66 bits per heavy atom. The van der Waals surface area contributed by atoms with E-state index in [1.54, 1.807) is 42.5 Å². The molecule has 162 valence electrons. The molecule has 0 saturated heterocycles.